The molecule has 0 aromatic heterocycles. The van der Waals surface area contributed by atoms with Crippen LogP contribution in [0.2, 0.25) is 0 Å². The van der Waals surface area contributed by atoms with E-state index in [-0.39, 0.29) is 6.10 Å². The van der Waals surface area contributed by atoms with Crippen LogP contribution >= 0.6 is 0 Å². The molecule has 1 aliphatic heterocycles. The lowest BCUT2D eigenvalue weighted by Gasteiger charge is -2.28. The minimum Gasteiger partial charge on any atom is -0.381 e. The largest absolute Gasteiger partial charge is 0.381 e. The van der Waals surface area contributed by atoms with Crippen molar-refractivity contribution in [2.75, 3.05) is 19.8 Å². The maximum Gasteiger partial charge on any atom is 0.106 e. The predicted molar refractivity (Wildman–Crippen MR) is 73.7 cm³/mol. The van der Waals surface area contributed by atoms with Crippen molar-refractivity contribution in [1.82, 2.24) is 5.32 Å². The highest BCUT2D eigenvalue weighted by molar-refractivity contribution is 5.07. The molecule has 0 bridgehead atoms. The second-order valence-electron chi connectivity index (χ2n) is 6.27. The summed E-state index contributed by atoms with van der Waals surface area (Å²) in [5.74, 6) is 0.626. The Morgan fingerprint density at radius 3 is 2.63 bits per heavy atom. The molecule has 0 amide bonds. The van der Waals surface area contributed by atoms with E-state index in [2.05, 4.69) is 18.3 Å². The third-order valence-electron chi connectivity index (χ3n) is 4.00. The predicted octanol–water partition coefficient (Wildman–Crippen LogP) is 2.24. The number of rotatable bonds is 7. The van der Waals surface area contributed by atoms with Gasteiger partial charge >= 0.3 is 0 Å². The first-order valence-electron chi connectivity index (χ1n) is 7.49. The molecule has 1 N–H and O–H groups in total. The summed E-state index contributed by atoms with van der Waals surface area (Å²) in [5.41, 5.74) is -0.448. The van der Waals surface area contributed by atoms with Gasteiger partial charge in [0.05, 0.1) is 12.2 Å². The topological polar surface area (TPSA) is 54.3 Å². The molecule has 2 aliphatic rings. The van der Waals surface area contributed by atoms with Crippen LogP contribution in [0.5, 0.6) is 0 Å². The van der Waals surface area contributed by atoms with Gasteiger partial charge < -0.3 is 9.47 Å². The molecular formula is C15H26N2O2. The van der Waals surface area contributed by atoms with E-state index in [0.717, 1.165) is 39.1 Å². The van der Waals surface area contributed by atoms with E-state index in [4.69, 9.17) is 9.47 Å². The van der Waals surface area contributed by atoms with Crippen LogP contribution in [0, 0.1) is 17.2 Å². The third-order valence-corrected chi connectivity index (χ3v) is 4.00. The number of hydrogen-bond acceptors (Lipinski definition) is 4. The molecule has 0 radical (unpaired) electrons. The zero-order chi connectivity index (χ0) is 13.7. The van der Waals surface area contributed by atoms with Gasteiger partial charge in [0.25, 0.3) is 0 Å². The smallest absolute Gasteiger partial charge is 0.106 e. The molecule has 0 aromatic rings. The van der Waals surface area contributed by atoms with Crippen LogP contribution in [0.25, 0.3) is 0 Å². The van der Waals surface area contributed by atoms with Crippen molar-refractivity contribution in [2.24, 2.45) is 5.92 Å². The maximum absolute atomic E-state index is 9.34. The number of nitrogens with zero attached hydrogens (tertiary/aromatic N) is 1. The number of hydrogen-bond donors (Lipinski definition) is 1. The van der Waals surface area contributed by atoms with Crippen LogP contribution in [-0.2, 0) is 9.47 Å². The van der Waals surface area contributed by atoms with Gasteiger partial charge in [-0.25, -0.2) is 0 Å². The maximum atomic E-state index is 9.34. The van der Waals surface area contributed by atoms with Crippen LogP contribution in [0.1, 0.15) is 46.0 Å². The Kier molecular flexibility index (Phi) is 5.20. The zero-order valence-electron chi connectivity index (χ0n) is 12.2. The molecule has 108 valence electrons. The molecule has 19 heavy (non-hydrogen) atoms. The van der Waals surface area contributed by atoms with Crippen LogP contribution in [0.3, 0.4) is 0 Å². The van der Waals surface area contributed by atoms with Gasteiger partial charge in [0.1, 0.15) is 5.54 Å². The van der Waals surface area contributed by atoms with Crippen LogP contribution in [0.4, 0.5) is 0 Å². The Bertz CT molecular complexity index is 319. The molecule has 2 rings (SSSR count). The van der Waals surface area contributed by atoms with Gasteiger partial charge in [-0.15, -0.1) is 0 Å². The van der Waals surface area contributed by atoms with E-state index in [1.165, 1.54) is 12.8 Å². The molecule has 0 aromatic carbocycles. The molecular weight excluding hydrogens is 240 g/mol. The standard InChI is InChI=1S/C15H26N2O2/c1-12(19-10-13-5-7-18-8-6-13)9-15(2,11-16)17-14-3-4-14/h12-14,17H,3-10H2,1-2H3. The molecule has 1 saturated carbocycles. The van der Waals surface area contributed by atoms with E-state index in [9.17, 15) is 5.26 Å². The van der Waals surface area contributed by atoms with E-state index >= 15 is 0 Å². The summed E-state index contributed by atoms with van der Waals surface area (Å²) in [4.78, 5) is 0. The van der Waals surface area contributed by atoms with Crippen molar-refractivity contribution in [3.63, 3.8) is 0 Å². The lowest BCUT2D eigenvalue weighted by molar-refractivity contribution is -0.0124. The van der Waals surface area contributed by atoms with Crippen molar-refractivity contribution < 1.29 is 9.47 Å². The van der Waals surface area contributed by atoms with E-state index in [1.807, 2.05) is 6.92 Å². The summed E-state index contributed by atoms with van der Waals surface area (Å²) in [6.07, 6.45) is 5.48. The van der Waals surface area contributed by atoms with Gasteiger partial charge in [0.15, 0.2) is 0 Å². The van der Waals surface area contributed by atoms with E-state index in [0.29, 0.717) is 12.0 Å². The Labute approximate surface area is 116 Å². The minimum absolute atomic E-state index is 0.124. The first-order valence-corrected chi connectivity index (χ1v) is 7.49. The Hall–Kier alpha value is -0.630. The SMILES string of the molecule is CC(CC(C)(C#N)NC1CC1)OCC1CCOCC1. The summed E-state index contributed by atoms with van der Waals surface area (Å²) < 4.78 is 11.3. The highest BCUT2D eigenvalue weighted by Gasteiger charge is 2.34. The average Bonchev–Trinajstić information content (AvgIpc) is 3.21. The van der Waals surface area contributed by atoms with Crippen LogP contribution < -0.4 is 5.32 Å². The van der Waals surface area contributed by atoms with Gasteiger partial charge in [0.2, 0.25) is 0 Å². The quantitative estimate of drug-likeness (QED) is 0.768. The highest BCUT2D eigenvalue weighted by Crippen LogP contribution is 2.25. The molecule has 1 aliphatic carbocycles. The first-order chi connectivity index (χ1) is 9.11. The van der Waals surface area contributed by atoms with E-state index in [1.54, 1.807) is 0 Å². The first kappa shape index (κ1) is 14.8. The zero-order valence-corrected chi connectivity index (χ0v) is 12.2. The number of nitriles is 1. The molecule has 2 fully saturated rings. The number of ether oxygens (including phenoxy) is 2. The van der Waals surface area contributed by atoms with Crippen molar-refractivity contribution in [2.45, 2.75) is 63.6 Å². The second-order valence-corrected chi connectivity index (χ2v) is 6.27. The highest BCUT2D eigenvalue weighted by atomic mass is 16.5. The molecule has 2 unspecified atom stereocenters. The molecule has 1 heterocycles. The van der Waals surface area contributed by atoms with Gasteiger partial charge in [-0.05, 0) is 45.4 Å². The van der Waals surface area contributed by atoms with Crippen molar-refractivity contribution >= 4 is 0 Å². The fraction of sp³-hybridized carbons (Fsp3) is 0.933. The van der Waals surface area contributed by atoms with Gasteiger partial charge in [-0.1, -0.05) is 0 Å². The van der Waals surface area contributed by atoms with Crippen molar-refractivity contribution in [1.29, 1.82) is 5.26 Å². The Morgan fingerprint density at radius 1 is 1.37 bits per heavy atom. The summed E-state index contributed by atoms with van der Waals surface area (Å²) in [6, 6.07) is 2.96. The number of nitrogens with one attached hydrogen (secondary N) is 1. The molecule has 0 spiro atoms. The third kappa shape index (κ3) is 5.10. The van der Waals surface area contributed by atoms with Crippen molar-refractivity contribution in [3.8, 4) is 6.07 Å². The van der Waals surface area contributed by atoms with Crippen LogP contribution in [-0.4, -0.2) is 37.5 Å². The van der Waals surface area contributed by atoms with Gasteiger partial charge in [-0.3, -0.25) is 5.32 Å². The normalized spacial score (nSPS) is 25.5. The fourth-order valence-electron chi connectivity index (χ4n) is 2.66. The van der Waals surface area contributed by atoms with Gasteiger partial charge in [-0.2, -0.15) is 5.26 Å². The van der Waals surface area contributed by atoms with Gasteiger partial charge in [0, 0.05) is 32.3 Å². The Morgan fingerprint density at radius 2 is 2.05 bits per heavy atom. The molecule has 2 atom stereocenters. The lowest BCUT2D eigenvalue weighted by Crippen LogP contribution is -2.45. The Balaban J connectivity index is 1.69. The fourth-order valence-corrected chi connectivity index (χ4v) is 2.66. The van der Waals surface area contributed by atoms with Crippen LogP contribution in [0.15, 0.2) is 0 Å². The minimum atomic E-state index is -0.448. The molecule has 1 saturated heterocycles. The molecule has 4 nitrogen and oxygen atoms in total. The van der Waals surface area contributed by atoms with Crippen molar-refractivity contribution in [3.05, 3.63) is 0 Å². The summed E-state index contributed by atoms with van der Waals surface area (Å²) in [7, 11) is 0. The second kappa shape index (κ2) is 6.69. The monoisotopic (exact) mass is 266 g/mol. The lowest BCUT2D eigenvalue weighted by atomic mass is 9.96. The summed E-state index contributed by atoms with van der Waals surface area (Å²) in [6.45, 7) is 6.59. The summed E-state index contributed by atoms with van der Waals surface area (Å²) in [5, 5.41) is 12.8. The van der Waals surface area contributed by atoms with E-state index < -0.39 is 5.54 Å². The average molecular weight is 266 g/mol. The molecule has 4 heteroatoms. The summed E-state index contributed by atoms with van der Waals surface area (Å²) >= 11 is 0.